The van der Waals surface area contributed by atoms with E-state index >= 15 is 0 Å². The van der Waals surface area contributed by atoms with Gasteiger partial charge in [-0.15, -0.1) is 0 Å². The lowest BCUT2D eigenvalue weighted by Crippen LogP contribution is -2.19. The summed E-state index contributed by atoms with van der Waals surface area (Å²) in [6, 6.07) is 83.8. The molecule has 0 saturated heterocycles. The van der Waals surface area contributed by atoms with Gasteiger partial charge < -0.3 is 19.6 Å². The zero-order valence-electron chi connectivity index (χ0n) is 73.9. The SMILES string of the molecule is CCCCCCCCc1ccc(N(c2c(CC)cccc2CC)c2cc(N(c3ccc(CCCCCCCC)cc3)c3c(CC)cccc3CC)c3ccc4c(N(c5ccc(CCCCCCCC)cc5)c5c(CC)cccc5CC)cc(N(c5ccc(CCCCCCCC)cc5)c5c(CC)cccc5CC)c5ccc2c3c54)cc1. The van der Waals surface area contributed by atoms with Crippen LogP contribution in [-0.2, 0) is 77.0 Å². The number of anilines is 12. The first kappa shape index (κ1) is 86.2. The second-order valence-electron chi connectivity index (χ2n) is 33.5. The van der Waals surface area contributed by atoms with Crippen molar-refractivity contribution >= 4 is 101 Å². The van der Waals surface area contributed by atoms with E-state index in [-0.39, 0.29) is 0 Å². The van der Waals surface area contributed by atoms with Gasteiger partial charge in [-0.3, -0.25) is 0 Å². The first-order valence-electron chi connectivity index (χ1n) is 46.9. The summed E-state index contributed by atoms with van der Waals surface area (Å²) in [6.45, 7) is 28.3. The molecule has 0 amide bonds. The minimum atomic E-state index is 0.895. The van der Waals surface area contributed by atoms with Crippen molar-refractivity contribution < 1.29 is 0 Å². The molecule has 0 radical (unpaired) electrons. The van der Waals surface area contributed by atoms with Gasteiger partial charge in [-0.25, -0.2) is 0 Å². The van der Waals surface area contributed by atoms with Gasteiger partial charge in [0.05, 0.1) is 45.5 Å². The maximum Gasteiger partial charge on any atom is 0.0561 e. The van der Waals surface area contributed by atoms with Crippen LogP contribution >= 0.6 is 0 Å². The summed E-state index contributed by atoms with van der Waals surface area (Å²) in [6.07, 6.45) is 42.3. The minimum Gasteiger partial charge on any atom is -0.309 e. The molecule has 0 aliphatic carbocycles. The van der Waals surface area contributed by atoms with Crippen LogP contribution in [-0.4, -0.2) is 0 Å². The zero-order chi connectivity index (χ0) is 81.1. The van der Waals surface area contributed by atoms with Gasteiger partial charge in [0.25, 0.3) is 0 Å². The molecular weight excluding hydrogens is 1400 g/mol. The van der Waals surface area contributed by atoms with Gasteiger partial charge in [0.1, 0.15) is 0 Å². The van der Waals surface area contributed by atoms with Crippen LogP contribution in [0.25, 0.3) is 32.3 Å². The van der Waals surface area contributed by atoms with Gasteiger partial charge in [-0.05, 0) is 230 Å². The third-order valence-corrected chi connectivity index (χ3v) is 25.6. The fraction of sp³-hybridized carbons (Fsp3) is 0.429. The average Bonchev–Trinajstić information content (AvgIpc) is 0.696. The molecule has 12 aromatic rings. The van der Waals surface area contributed by atoms with Crippen molar-refractivity contribution in [2.24, 2.45) is 0 Å². The summed E-state index contributed by atoms with van der Waals surface area (Å²) in [5, 5.41) is 7.53. The van der Waals surface area contributed by atoms with E-state index in [2.05, 4.69) is 309 Å². The van der Waals surface area contributed by atoms with Crippen molar-refractivity contribution in [1.82, 2.24) is 0 Å². The maximum absolute atomic E-state index is 2.74. The van der Waals surface area contributed by atoms with Crippen molar-refractivity contribution in [3.05, 3.63) is 273 Å². The second-order valence-corrected chi connectivity index (χ2v) is 33.5. The predicted octanol–water partition coefficient (Wildman–Crippen LogP) is 34.6. The van der Waals surface area contributed by atoms with Crippen molar-refractivity contribution in [1.29, 1.82) is 0 Å². The highest BCUT2D eigenvalue weighted by atomic mass is 15.2. The van der Waals surface area contributed by atoms with Crippen LogP contribution < -0.4 is 19.6 Å². The van der Waals surface area contributed by atoms with Crippen molar-refractivity contribution in [2.75, 3.05) is 19.6 Å². The van der Waals surface area contributed by atoms with Crippen LogP contribution in [0.2, 0.25) is 0 Å². The number of rotatable bonds is 48. The highest BCUT2D eigenvalue weighted by Gasteiger charge is 2.33. The Morgan fingerprint density at radius 3 is 0.526 bits per heavy atom. The highest BCUT2D eigenvalue weighted by molar-refractivity contribution is 6.33. The van der Waals surface area contributed by atoms with E-state index < -0.39 is 0 Å². The monoisotopic (exact) mass is 1540 g/mol. The van der Waals surface area contributed by atoms with Crippen LogP contribution in [0.1, 0.15) is 304 Å². The molecule has 0 bridgehead atoms. The van der Waals surface area contributed by atoms with Gasteiger partial charge in [-0.1, -0.05) is 357 Å². The van der Waals surface area contributed by atoms with Gasteiger partial charge in [-0.2, -0.15) is 0 Å². The zero-order valence-corrected chi connectivity index (χ0v) is 73.9. The Labute approximate surface area is 702 Å². The fourth-order valence-corrected chi connectivity index (χ4v) is 18.9. The summed E-state index contributed by atoms with van der Waals surface area (Å²) in [5.74, 6) is 0. The van der Waals surface area contributed by atoms with E-state index in [1.54, 1.807) is 0 Å². The van der Waals surface area contributed by atoms with E-state index in [9.17, 15) is 0 Å². The Balaban J connectivity index is 1.25. The van der Waals surface area contributed by atoms with Gasteiger partial charge in [0.15, 0.2) is 0 Å². The van der Waals surface area contributed by atoms with Crippen molar-refractivity contribution in [2.45, 2.75) is 314 Å². The second kappa shape index (κ2) is 43.9. The number of nitrogens with zero attached hydrogens (tertiary/aromatic N) is 4. The van der Waals surface area contributed by atoms with Gasteiger partial charge >= 0.3 is 0 Å². The van der Waals surface area contributed by atoms with E-state index in [1.165, 1.54) is 321 Å². The van der Waals surface area contributed by atoms with Gasteiger partial charge in [0, 0.05) is 55.1 Å². The summed E-state index contributed by atoms with van der Waals surface area (Å²) in [5.41, 5.74) is 31.1. The van der Waals surface area contributed by atoms with E-state index in [0.717, 1.165) is 77.0 Å². The number of para-hydroxylation sites is 4. The first-order valence-corrected chi connectivity index (χ1v) is 46.9. The van der Waals surface area contributed by atoms with E-state index in [4.69, 9.17) is 0 Å². The third-order valence-electron chi connectivity index (χ3n) is 25.6. The van der Waals surface area contributed by atoms with Gasteiger partial charge in [0.2, 0.25) is 0 Å². The molecule has 4 nitrogen and oxygen atoms in total. The topological polar surface area (TPSA) is 13.0 Å². The number of aryl methyl sites for hydroxylation is 12. The number of hydrogen-bond acceptors (Lipinski definition) is 4. The normalized spacial score (nSPS) is 11.7. The fourth-order valence-electron chi connectivity index (χ4n) is 18.9. The lowest BCUT2D eigenvalue weighted by Gasteiger charge is -2.37. The number of hydrogen-bond donors (Lipinski definition) is 0. The lowest BCUT2D eigenvalue weighted by atomic mass is 9.88. The van der Waals surface area contributed by atoms with Crippen LogP contribution in [0.3, 0.4) is 0 Å². The summed E-state index contributed by atoms with van der Waals surface area (Å²) in [4.78, 5) is 11.0. The quantitative estimate of drug-likeness (QED) is 0.0278. The Bertz CT molecular complexity index is 4290. The molecule has 610 valence electrons. The third kappa shape index (κ3) is 20.2. The molecule has 0 unspecified atom stereocenters. The predicted molar refractivity (Wildman–Crippen MR) is 512 cm³/mol. The first-order chi connectivity index (χ1) is 57.1. The highest BCUT2D eigenvalue weighted by Crippen LogP contribution is 2.57. The Hall–Kier alpha value is -9.12. The van der Waals surface area contributed by atoms with Crippen LogP contribution in [0.15, 0.2) is 206 Å². The molecule has 0 aliphatic rings. The Kier molecular flexibility index (Phi) is 32.6. The molecule has 12 rings (SSSR count). The van der Waals surface area contributed by atoms with E-state index in [1.807, 2.05) is 0 Å². The Morgan fingerprint density at radius 1 is 0.181 bits per heavy atom. The van der Waals surface area contributed by atoms with Crippen LogP contribution in [0.5, 0.6) is 0 Å². The average molecular weight is 1540 g/mol. The molecule has 0 saturated carbocycles. The standard InChI is InChI=1S/C112H142N4/c1-13-25-29-33-37-41-49-83-61-69-95(70-62-83)113(109-87(17-5)53-45-54-88(109)18-6)103-81-104(114(110-89(19-7)55-46-56-90(110)20-8)96-71-63-84(64-72-96)50-42-38-34-30-26-14-2)100-79-80-102-106(116(112-93(23-11)59-48-60-94(112)24-12)98-75-67-86(68-76-98)52-44-40-36-32-28-16-4)82-105(101-78-77-99(103)107(100)108(101)102)115(111-91(21-9)57-47-58-92(111)22-10)97-73-65-85(66-74-97)51-43-39-35-31-27-15-3/h45-48,53-82H,13-44,49-52H2,1-12H3. The smallest absolute Gasteiger partial charge is 0.0561 e. The molecule has 4 heteroatoms. The molecule has 0 aromatic heterocycles. The van der Waals surface area contributed by atoms with Crippen LogP contribution in [0, 0.1) is 0 Å². The number of benzene rings is 12. The molecule has 116 heavy (non-hydrogen) atoms. The molecule has 0 aliphatic heterocycles. The molecule has 12 aromatic carbocycles. The van der Waals surface area contributed by atoms with Crippen LogP contribution in [0.4, 0.5) is 68.2 Å². The van der Waals surface area contributed by atoms with Crippen molar-refractivity contribution in [3.8, 4) is 0 Å². The molecule has 0 fully saturated rings. The molecular formula is C112H142N4. The van der Waals surface area contributed by atoms with Crippen molar-refractivity contribution in [3.63, 3.8) is 0 Å². The molecule has 0 N–H and O–H groups in total. The largest absolute Gasteiger partial charge is 0.309 e. The lowest BCUT2D eigenvalue weighted by molar-refractivity contribution is 0.607. The Morgan fingerprint density at radius 2 is 0.353 bits per heavy atom. The summed E-state index contributed by atoms with van der Waals surface area (Å²) < 4.78 is 0. The minimum absolute atomic E-state index is 0.895. The molecule has 0 heterocycles. The number of unbranched alkanes of at least 4 members (excludes halogenated alkanes) is 20. The van der Waals surface area contributed by atoms with E-state index in [0.29, 0.717) is 0 Å². The summed E-state index contributed by atoms with van der Waals surface area (Å²) >= 11 is 0. The molecule has 0 spiro atoms. The molecule has 0 atom stereocenters. The maximum atomic E-state index is 2.74. The summed E-state index contributed by atoms with van der Waals surface area (Å²) in [7, 11) is 0.